The molecule has 1 aliphatic rings. The van der Waals surface area contributed by atoms with E-state index in [4.69, 9.17) is 15.2 Å². The number of benzene rings is 1. The van der Waals surface area contributed by atoms with Crippen molar-refractivity contribution in [1.29, 1.82) is 5.26 Å². The molecule has 1 saturated heterocycles. The zero-order chi connectivity index (χ0) is 20.7. The summed E-state index contributed by atoms with van der Waals surface area (Å²) in [6.45, 7) is 2.99. The minimum atomic E-state index is -0.457. The van der Waals surface area contributed by atoms with Gasteiger partial charge < -0.3 is 25.4 Å². The third-order valence-corrected chi connectivity index (χ3v) is 4.86. The van der Waals surface area contributed by atoms with Crippen LogP contribution in [0.2, 0.25) is 0 Å². The summed E-state index contributed by atoms with van der Waals surface area (Å²) in [5.41, 5.74) is 6.17. The van der Waals surface area contributed by atoms with Crippen LogP contribution < -0.4 is 20.5 Å². The summed E-state index contributed by atoms with van der Waals surface area (Å²) in [7, 11) is 3.10. The summed E-state index contributed by atoms with van der Waals surface area (Å²) in [6.07, 6.45) is 2.79. The summed E-state index contributed by atoms with van der Waals surface area (Å²) in [5, 5.41) is 12.2. The Morgan fingerprint density at radius 2 is 1.93 bits per heavy atom. The highest BCUT2D eigenvalue weighted by atomic mass is 16.5. The van der Waals surface area contributed by atoms with Crippen LogP contribution in [0, 0.1) is 17.2 Å². The smallest absolute Gasteiger partial charge is 0.263 e. The number of amides is 2. The predicted molar refractivity (Wildman–Crippen MR) is 103 cm³/mol. The van der Waals surface area contributed by atoms with Crippen molar-refractivity contribution in [2.75, 3.05) is 27.3 Å². The minimum Gasteiger partial charge on any atom is -0.493 e. The average molecular weight is 386 g/mol. The lowest BCUT2D eigenvalue weighted by Gasteiger charge is -2.29. The highest BCUT2D eigenvalue weighted by Crippen LogP contribution is 2.30. The summed E-state index contributed by atoms with van der Waals surface area (Å²) in [6, 6.07) is 7.00. The molecule has 8 heteroatoms. The Morgan fingerprint density at radius 3 is 2.46 bits per heavy atom. The van der Waals surface area contributed by atoms with Crippen molar-refractivity contribution in [3.05, 3.63) is 35.5 Å². The van der Waals surface area contributed by atoms with Crippen LogP contribution in [-0.2, 0) is 9.59 Å². The Labute approximate surface area is 164 Å². The van der Waals surface area contributed by atoms with E-state index >= 15 is 0 Å². The number of methoxy groups -OCH3 is 2. The van der Waals surface area contributed by atoms with E-state index in [0.29, 0.717) is 37.4 Å². The van der Waals surface area contributed by atoms with Crippen LogP contribution in [-0.4, -0.2) is 44.0 Å². The maximum atomic E-state index is 12.5. The topological polar surface area (TPSA) is 118 Å². The number of nitrogens with one attached hydrogen (secondary N) is 1. The van der Waals surface area contributed by atoms with Gasteiger partial charge in [0.1, 0.15) is 11.6 Å². The standard InChI is InChI=1S/C20H26N4O4/c1-13(15-4-5-17(27-2)18(10-15)28-3)23-20(26)16(11-21)12-24-8-6-14(7-9-24)19(22)25/h4-5,10,12-14H,6-9H2,1-3H3,(H2,22,25)(H,23,26)/b16-12-. The van der Waals surface area contributed by atoms with Gasteiger partial charge >= 0.3 is 0 Å². The number of likely N-dealkylation sites (tertiary alicyclic amines) is 1. The molecule has 2 amide bonds. The first-order valence-corrected chi connectivity index (χ1v) is 9.07. The maximum Gasteiger partial charge on any atom is 0.263 e. The molecule has 1 heterocycles. The first-order valence-electron chi connectivity index (χ1n) is 9.07. The number of hydrogen-bond donors (Lipinski definition) is 2. The first kappa shape index (κ1) is 21.1. The number of hydrogen-bond acceptors (Lipinski definition) is 6. The summed E-state index contributed by atoms with van der Waals surface area (Å²) < 4.78 is 10.5. The lowest BCUT2D eigenvalue weighted by molar-refractivity contribution is -0.123. The molecule has 1 atom stereocenters. The van der Waals surface area contributed by atoms with Crippen molar-refractivity contribution in [2.24, 2.45) is 11.7 Å². The number of nitrogens with two attached hydrogens (primary N) is 1. The Bertz CT molecular complexity index is 792. The van der Waals surface area contributed by atoms with Gasteiger partial charge in [0, 0.05) is 25.2 Å². The molecule has 3 N–H and O–H groups in total. The third-order valence-electron chi connectivity index (χ3n) is 4.86. The number of nitriles is 1. The maximum absolute atomic E-state index is 12.5. The van der Waals surface area contributed by atoms with E-state index in [9.17, 15) is 14.9 Å². The molecule has 2 rings (SSSR count). The molecule has 1 aliphatic heterocycles. The van der Waals surface area contributed by atoms with Crippen LogP contribution in [0.5, 0.6) is 11.5 Å². The van der Waals surface area contributed by atoms with E-state index in [-0.39, 0.29) is 23.4 Å². The zero-order valence-corrected chi connectivity index (χ0v) is 16.4. The molecule has 0 aromatic heterocycles. The second-order valence-corrected chi connectivity index (χ2v) is 6.68. The van der Waals surface area contributed by atoms with Crippen molar-refractivity contribution in [1.82, 2.24) is 10.2 Å². The number of piperidine rings is 1. The fourth-order valence-electron chi connectivity index (χ4n) is 3.11. The third kappa shape index (κ3) is 5.16. The molecule has 1 aromatic carbocycles. The number of rotatable bonds is 7. The van der Waals surface area contributed by atoms with Crippen molar-refractivity contribution >= 4 is 11.8 Å². The lowest BCUT2D eigenvalue weighted by atomic mass is 9.96. The van der Waals surface area contributed by atoms with Crippen molar-refractivity contribution in [2.45, 2.75) is 25.8 Å². The van der Waals surface area contributed by atoms with E-state index in [1.165, 1.54) is 0 Å². The highest BCUT2D eigenvalue weighted by molar-refractivity contribution is 5.97. The first-order chi connectivity index (χ1) is 13.4. The molecule has 0 aliphatic carbocycles. The summed E-state index contributed by atoms with van der Waals surface area (Å²) >= 11 is 0. The fourth-order valence-corrected chi connectivity index (χ4v) is 3.11. The van der Waals surface area contributed by atoms with Gasteiger partial charge in [-0.1, -0.05) is 6.07 Å². The van der Waals surface area contributed by atoms with Crippen LogP contribution in [0.3, 0.4) is 0 Å². The van der Waals surface area contributed by atoms with Crippen LogP contribution in [0.25, 0.3) is 0 Å². The lowest BCUT2D eigenvalue weighted by Crippen LogP contribution is -2.37. The molecule has 28 heavy (non-hydrogen) atoms. The van der Waals surface area contributed by atoms with E-state index in [0.717, 1.165) is 5.56 Å². The van der Waals surface area contributed by atoms with Gasteiger partial charge in [0.15, 0.2) is 11.5 Å². The zero-order valence-electron chi connectivity index (χ0n) is 16.4. The largest absolute Gasteiger partial charge is 0.493 e. The molecule has 0 saturated carbocycles. The van der Waals surface area contributed by atoms with Gasteiger partial charge in [-0.15, -0.1) is 0 Å². The SMILES string of the molecule is COc1ccc(C(C)NC(=O)/C(C#N)=C\N2CCC(C(N)=O)CC2)cc1OC. The summed E-state index contributed by atoms with van der Waals surface area (Å²) in [4.78, 5) is 25.6. The van der Waals surface area contributed by atoms with Crippen molar-refractivity contribution in [3.8, 4) is 17.6 Å². The molecule has 150 valence electrons. The van der Waals surface area contributed by atoms with Crippen LogP contribution in [0.15, 0.2) is 30.0 Å². The van der Waals surface area contributed by atoms with Crippen LogP contribution >= 0.6 is 0 Å². The normalized spacial score (nSPS) is 16.1. The van der Waals surface area contributed by atoms with Gasteiger partial charge in [-0.2, -0.15) is 5.26 Å². The van der Waals surface area contributed by atoms with Gasteiger partial charge in [0.05, 0.1) is 20.3 Å². The van der Waals surface area contributed by atoms with E-state index < -0.39 is 5.91 Å². The molecule has 0 bridgehead atoms. The van der Waals surface area contributed by atoms with Crippen molar-refractivity contribution < 1.29 is 19.1 Å². The molecule has 1 fully saturated rings. The Morgan fingerprint density at radius 1 is 1.29 bits per heavy atom. The van der Waals surface area contributed by atoms with E-state index in [1.807, 2.05) is 24.0 Å². The molecular weight excluding hydrogens is 360 g/mol. The number of nitrogens with zero attached hydrogens (tertiary/aromatic N) is 2. The molecule has 0 spiro atoms. The fraction of sp³-hybridized carbons (Fsp3) is 0.450. The second kappa shape index (κ2) is 9.65. The number of ether oxygens (including phenoxy) is 2. The minimum absolute atomic E-state index is 0.0184. The van der Waals surface area contributed by atoms with Gasteiger partial charge in [0.25, 0.3) is 5.91 Å². The van der Waals surface area contributed by atoms with E-state index in [1.54, 1.807) is 32.6 Å². The van der Waals surface area contributed by atoms with Crippen LogP contribution in [0.1, 0.15) is 31.4 Å². The molecule has 0 radical (unpaired) electrons. The molecule has 1 aromatic rings. The Kier molecular flexibility index (Phi) is 7.27. The van der Waals surface area contributed by atoms with Gasteiger partial charge in [-0.25, -0.2) is 0 Å². The number of carbonyl (C=O) groups is 2. The van der Waals surface area contributed by atoms with E-state index in [2.05, 4.69) is 5.32 Å². The molecular formula is C20H26N4O4. The van der Waals surface area contributed by atoms with Crippen LogP contribution in [0.4, 0.5) is 0 Å². The quantitative estimate of drug-likeness (QED) is 0.541. The monoisotopic (exact) mass is 386 g/mol. The predicted octanol–water partition coefficient (Wildman–Crippen LogP) is 1.49. The van der Waals surface area contributed by atoms with Crippen molar-refractivity contribution in [3.63, 3.8) is 0 Å². The second-order valence-electron chi connectivity index (χ2n) is 6.68. The average Bonchev–Trinajstić information content (AvgIpc) is 2.71. The van der Waals surface area contributed by atoms with Gasteiger partial charge in [-0.3, -0.25) is 9.59 Å². The Balaban J connectivity index is 2.03. The molecule has 8 nitrogen and oxygen atoms in total. The number of carbonyl (C=O) groups excluding carboxylic acids is 2. The van der Waals surface area contributed by atoms with Gasteiger partial charge in [-0.05, 0) is 37.5 Å². The van der Waals surface area contributed by atoms with Gasteiger partial charge in [0.2, 0.25) is 5.91 Å². The molecule has 1 unspecified atom stereocenters. The Hall–Kier alpha value is -3.21. The summed E-state index contributed by atoms with van der Waals surface area (Å²) in [5.74, 6) is 0.262. The number of primary amides is 1. The highest BCUT2D eigenvalue weighted by Gasteiger charge is 2.23.